The molecule has 2 rings (SSSR count). The van der Waals surface area contributed by atoms with Crippen LogP contribution in [-0.4, -0.2) is 40.6 Å². The summed E-state index contributed by atoms with van der Waals surface area (Å²) in [7, 11) is -3.63. The van der Waals surface area contributed by atoms with Crippen molar-refractivity contribution >= 4 is 15.9 Å². The molecule has 0 spiro atoms. The summed E-state index contributed by atoms with van der Waals surface area (Å²) in [6.07, 6.45) is 0.220. The molecule has 0 aromatic heterocycles. The second-order valence-corrected chi connectivity index (χ2v) is 7.67. The standard InChI is InChI=1S/C20H26N2O5S/c1-3-26-17-7-5-16(6-8-17)15-20(23)21-13-14-22-28(24,25)19-11-9-18(10-12-19)27-4-2/h5-12,22H,3-4,13-15H2,1-2H3,(H,21,23). The topological polar surface area (TPSA) is 93.7 Å². The Labute approximate surface area is 166 Å². The normalized spacial score (nSPS) is 11.1. The minimum atomic E-state index is -3.63. The van der Waals surface area contributed by atoms with E-state index >= 15 is 0 Å². The molecule has 0 radical (unpaired) electrons. The molecule has 0 fully saturated rings. The molecule has 0 unspecified atom stereocenters. The Balaban J connectivity index is 1.75. The third kappa shape index (κ3) is 6.86. The fourth-order valence-electron chi connectivity index (χ4n) is 2.47. The van der Waals surface area contributed by atoms with E-state index in [-0.39, 0.29) is 30.3 Å². The van der Waals surface area contributed by atoms with Gasteiger partial charge in [-0.25, -0.2) is 13.1 Å². The Hall–Kier alpha value is -2.58. The van der Waals surface area contributed by atoms with Gasteiger partial charge in [0.25, 0.3) is 0 Å². The molecule has 152 valence electrons. The van der Waals surface area contributed by atoms with Crippen LogP contribution in [0.25, 0.3) is 0 Å². The molecule has 7 nitrogen and oxygen atoms in total. The Morgan fingerprint density at radius 3 is 1.93 bits per heavy atom. The number of hydrogen-bond donors (Lipinski definition) is 2. The quantitative estimate of drug-likeness (QED) is 0.558. The van der Waals surface area contributed by atoms with Gasteiger partial charge in [-0.1, -0.05) is 12.1 Å². The van der Waals surface area contributed by atoms with Crippen molar-refractivity contribution in [3.63, 3.8) is 0 Å². The average Bonchev–Trinajstić information content (AvgIpc) is 2.68. The van der Waals surface area contributed by atoms with E-state index in [1.165, 1.54) is 12.1 Å². The molecular formula is C20H26N2O5S. The van der Waals surface area contributed by atoms with Crippen LogP contribution in [0.4, 0.5) is 0 Å². The van der Waals surface area contributed by atoms with Crippen molar-refractivity contribution in [1.82, 2.24) is 10.0 Å². The summed E-state index contributed by atoms with van der Waals surface area (Å²) in [4.78, 5) is 12.1. The molecule has 8 heteroatoms. The smallest absolute Gasteiger partial charge is 0.240 e. The highest BCUT2D eigenvalue weighted by Gasteiger charge is 2.13. The van der Waals surface area contributed by atoms with Gasteiger partial charge in [0.15, 0.2) is 0 Å². The number of carbonyl (C=O) groups is 1. The third-order valence-electron chi connectivity index (χ3n) is 3.78. The summed E-state index contributed by atoms with van der Waals surface area (Å²) < 4.78 is 37.6. The minimum absolute atomic E-state index is 0.102. The molecule has 0 bridgehead atoms. The molecule has 28 heavy (non-hydrogen) atoms. The zero-order valence-electron chi connectivity index (χ0n) is 16.1. The first kappa shape index (κ1) is 21.7. The van der Waals surface area contributed by atoms with Gasteiger partial charge in [-0.05, 0) is 55.8 Å². The number of nitrogens with one attached hydrogen (secondary N) is 2. The van der Waals surface area contributed by atoms with E-state index in [2.05, 4.69) is 10.0 Å². The van der Waals surface area contributed by atoms with E-state index in [4.69, 9.17) is 9.47 Å². The summed E-state index contributed by atoms with van der Waals surface area (Å²) in [6, 6.07) is 13.5. The molecule has 0 aliphatic heterocycles. The third-order valence-corrected chi connectivity index (χ3v) is 5.26. The van der Waals surface area contributed by atoms with E-state index < -0.39 is 10.0 Å². The number of carbonyl (C=O) groups excluding carboxylic acids is 1. The van der Waals surface area contributed by atoms with E-state index in [9.17, 15) is 13.2 Å². The second kappa shape index (κ2) is 10.7. The van der Waals surface area contributed by atoms with Gasteiger partial charge in [-0.15, -0.1) is 0 Å². The molecule has 2 aromatic rings. The van der Waals surface area contributed by atoms with Crippen LogP contribution in [0.1, 0.15) is 19.4 Å². The number of ether oxygens (including phenoxy) is 2. The summed E-state index contributed by atoms with van der Waals surface area (Å²) in [5.74, 6) is 1.20. The van der Waals surface area contributed by atoms with Crippen LogP contribution in [0, 0.1) is 0 Å². The highest BCUT2D eigenvalue weighted by Crippen LogP contribution is 2.15. The first-order chi connectivity index (χ1) is 13.4. The Bertz CT molecular complexity index is 849. The Morgan fingerprint density at radius 1 is 0.857 bits per heavy atom. The number of sulfonamides is 1. The average molecular weight is 407 g/mol. The summed E-state index contributed by atoms with van der Waals surface area (Å²) in [5.41, 5.74) is 0.857. The van der Waals surface area contributed by atoms with Crippen LogP contribution in [0.5, 0.6) is 11.5 Å². The molecule has 2 N–H and O–H groups in total. The predicted octanol–water partition coefficient (Wildman–Crippen LogP) is 2.12. The fraction of sp³-hybridized carbons (Fsp3) is 0.350. The van der Waals surface area contributed by atoms with Crippen molar-refractivity contribution in [2.24, 2.45) is 0 Å². The molecule has 0 aliphatic rings. The number of benzene rings is 2. The Kier molecular flexibility index (Phi) is 8.28. The molecule has 0 atom stereocenters. The minimum Gasteiger partial charge on any atom is -0.494 e. The van der Waals surface area contributed by atoms with Crippen LogP contribution < -0.4 is 19.5 Å². The van der Waals surface area contributed by atoms with Crippen LogP contribution in [-0.2, 0) is 21.2 Å². The van der Waals surface area contributed by atoms with Crippen molar-refractivity contribution in [1.29, 1.82) is 0 Å². The summed E-state index contributed by atoms with van der Waals surface area (Å²) in [6.45, 7) is 5.17. The lowest BCUT2D eigenvalue weighted by molar-refractivity contribution is -0.120. The molecule has 1 amide bonds. The number of rotatable bonds is 11. The lowest BCUT2D eigenvalue weighted by Crippen LogP contribution is -2.35. The van der Waals surface area contributed by atoms with Crippen molar-refractivity contribution in [2.75, 3.05) is 26.3 Å². The largest absolute Gasteiger partial charge is 0.494 e. The van der Waals surface area contributed by atoms with Crippen LogP contribution in [0.2, 0.25) is 0 Å². The molecule has 2 aromatic carbocycles. The van der Waals surface area contributed by atoms with Crippen LogP contribution in [0.3, 0.4) is 0 Å². The SMILES string of the molecule is CCOc1ccc(CC(=O)NCCNS(=O)(=O)c2ccc(OCC)cc2)cc1. The van der Waals surface area contributed by atoms with Gasteiger partial charge >= 0.3 is 0 Å². The highest BCUT2D eigenvalue weighted by molar-refractivity contribution is 7.89. The first-order valence-electron chi connectivity index (χ1n) is 9.15. The molecule has 0 saturated carbocycles. The van der Waals surface area contributed by atoms with Gasteiger partial charge in [0.1, 0.15) is 11.5 Å². The van der Waals surface area contributed by atoms with Gasteiger partial charge < -0.3 is 14.8 Å². The molecule has 0 heterocycles. The van der Waals surface area contributed by atoms with Gasteiger partial charge in [0.2, 0.25) is 15.9 Å². The van der Waals surface area contributed by atoms with Crippen molar-refractivity contribution in [3.05, 3.63) is 54.1 Å². The second-order valence-electron chi connectivity index (χ2n) is 5.91. The summed E-state index contributed by atoms with van der Waals surface area (Å²) in [5, 5.41) is 2.70. The van der Waals surface area contributed by atoms with Crippen LogP contribution >= 0.6 is 0 Å². The fourth-order valence-corrected chi connectivity index (χ4v) is 3.50. The zero-order valence-corrected chi connectivity index (χ0v) is 16.9. The van der Waals surface area contributed by atoms with Gasteiger partial charge in [-0.3, -0.25) is 4.79 Å². The highest BCUT2D eigenvalue weighted by atomic mass is 32.2. The maximum absolute atomic E-state index is 12.2. The number of amides is 1. The monoisotopic (exact) mass is 406 g/mol. The van der Waals surface area contributed by atoms with Gasteiger partial charge in [0.05, 0.1) is 24.5 Å². The van der Waals surface area contributed by atoms with E-state index in [1.54, 1.807) is 12.1 Å². The van der Waals surface area contributed by atoms with E-state index in [0.29, 0.717) is 19.0 Å². The predicted molar refractivity (Wildman–Crippen MR) is 107 cm³/mol. The number of hydrogen-bond acceptors (Lipinski definition) is 5. The maximum atomic E-state index is 12.2. The lowest BCUT2D eigenvalue weighted by Gasteiger charge is -2.09. The summed E-state index contributed by atoms with van der Waals surface area (Å²) >= 11 is 0. The van der Waals surface area contributed by atoms with Crippen molar-refractivity contribution < 1.29 is 22.7 Å². The lowest BCUT2D eigenvalue weighted by atomic mass is 10.1. The van der Waals surface area contributed by atoms with Crippen molar-refractivity contribution in [2.45, 2.75) is 25.2 Å². The zero-order chi connectivity index (χ0) is 20.4. The van der Waals surface area contributed by atoms with Crippen molar-refractivity contribution in [3.8, 4) is 11.5 Å². The first-order valence-corrected chi connectivity index (χ1v) is 10.6. The molecule has 0 aliphatic carbocycles. The maximum Gasteiger partial charge on any atom is 0.240 e. The molecular weight excluding hydrogens is 380 g/mol. The molecule has 0 saturated heterocycles. The van der Waals surface area contributed by atoms with E-state index in [1.807, 2.05) is 38.1 Å². The van der Waals surface area contributed by atoms with Gasteiger partial charge in [0, 0.05) is 13.1 Å². The Morgan fingerprint density at radius 2 is 1.39 bits per heavy atom. The van der Waals surface area contributed by atoms with Gasteiger partial charge in [-0.2, -0.15) is 0 Å². The van der Waals surface area contributed by atoms with Crippen LogP contribution in [0.15, 0.2) is 53.4 Å². The van der Waals surface area contributed by atoms with E-state index in [0.717, 1.165) is 11.3 Å².